The molecule has 256 valence electrons. The van der Waals surface area contributed by atoms with Crippen LogP contribution in [0.4, 0.5) is 0 Å². The SMILES string of the molecule is C=C(N)c1ccc(CC(=O)C[C@@H]2C[C@@]3(CO3)[C@H](O)[C@@H](/C=C/C(C)=C/C[C@@H]3O[C@H](C)[C@H](NC(=O)/C=C\[C@H](C)OC(C)=O)C[C@@H]3C)O2)cc1. The largest absolute Gasteiger partial charge is 0.459 e. The van der Waals surface area contributed by atoms with Crippen LogP contribution in [0.2, 0.25) is 0 Å². The maximum atomic E-state index is 12.9. The second-order valence-corrected chi connectivity index (χ2v) is 13.3. The Hall–Kier alpha value is -3.57. The summed E-state index contributed by atoms with van der Waals surface area (Å²) in [5.41, 5.74) is 8.30. The van der Waals surface area contributed by atoms with Gasteiger partial charge in [0.15, 0.2) is 0 Å². The zero-order valence-corrected chi connectivity index (χ0v) is 28.1. The van der Waals surface area contributed by atoms with Gasteiger partial charge in [-0.3, -0.25) is 14.4 Å². The monoisotopic (exact) mass is 650 g/mol. The van der Waals surface area contributed by atoms with Crippen LogP contribution < -0.4 is 11.1 Å². The lowest BCUT2D eigenvalue weighted by Gasteiger charge is -2.39. The van der Waals surface area contributed by atoms with Gasteiger partial charge in [0.2, 0.25) is 5.91 Å². The predicted octanol–water partition coefficient (Wildman–Crippen LogP) is 4.10. The number of allylic oxidation sites excluding steroid dienone is 2. The van der Waals surface area contributed by atoms with Gasteiger partial charge < -0.3 is 35.1 Å². The molecule has 0 unspecified atom stereocenters. The summed E-state index contributed by atoms with van der Waals surface area (Å²) in [5.74, 6) is -0.384. The Balaban J connectivity index is 1.27. The topological polar surface area (TPSA) is 150 Å². The third kappa shape index (κ3) is 10.5. The molecule has 1 aromatic rings. The van der Waals surface area contributed by atoms with Gasteiger partial charge in [-0.15, -0.1) is 0 Å². The number of carbonyl (C=O) groups excluding carboxylic acids is 3. The first kappa shape index (κ1) is 36.3. The first-order valence-corrected chi connectivity index (χ1v) is 16.4. The number of hydrogen-bond donors (Lipinski definition) is 3. The summed E-state index contributed by atoms with van der Waals surface area (Å²) >= 11 is 0. The summed E-state index contributed by atoms with van der Waals surface area (Å²) in [6, 6.07) is 7.35. The number of ketones is 1. The first-order valence-electron chi connectivity index (χ1n) is 16.4. The molecule has 1 aromatic carbocycles. The predicted molar refractivity (Wildman–Crippen MR) is 179 cm³/mol. The maximum absolute atomic E-state index is 12.9. The van der Waals surface area contributed by atoms with Gasteiger partial charge in [-0.25, -0.2) is 0 Å². The fraction of sp³-hybridized carbons (Fsp3) is 0.541. The number of nitrogens with one attached hydrogen (secondary N) is 1. The van der Waals surface area contributed by atoms with Crippen molar-refractivity contribution < 1.29 is 38.4 Å². The highest BCUT2D eigenvalue weighted by Gasteiger charge is 2.58. The summed E-state index contributed by atoms with van der Waals surface area (Å²) in [7, 11) is 0. The molecule has 0 saturated carbocycles. The van der Waals surface area contributed by atoms with Gasteiger partial charge in [0.1, 0.15) is 29.7 Å². The van der Waals surface area contributed by atoms with Crippen molar-refractivity contribution in [3.8, 4) is 0 Å². The summed E-state index contributed by atoms with van der Waals surface area (Å²) in [5, 5.41) is 14.0. The molecule has 10 nitrogen and oxygen atoms in total. The molecule has 3 heterocycles. The fourth-order valence-electron chi connectivity index (χ4n) is 6.28. The van der Waals surface area contributed by atoms with Crippen LogP contribution in [0, 0.1) is 5.92 Å². The second kappa shape index (κ2) is 16.0. The molecule has 4 rings (SSSR count). The molecule has 0 radical (unpaired) electrons. The number of aliphatic hydroxyl groups is 1. The van der Waals surface area contributed by atoms with Crippen molar-refractivity contribution in [2.75, 3.05) is 6.61 Å². The van der Waals surface area contributed by atoms with Crippen molar-refractivity contribution in [2.45, 2.75) is 115 Å². The molecular formula is C37H50N2O8. The van der Waals surface area contributed by atoms with Gasteiger partial charge >= 0.3 is 5.97 Å². The molecule has 1 spiro atoms. The van der Waals surface area contributed by atoms with Gasteiger partial charge in [0.25, 0.3) is 0 Å². The highest BCUT2D eigenvalue weighted by Crippen LogP contribution is 2.43. The van der Waals surface area contributed by atoms with E-state index in [0.717, 1.165) is 23.1 Å². The normalized spacial score (nSPS) is 31.5. The number of benzene rings is 1. The van der Waals surface area contributed by atoms with E-state index in [9.17, 15) is 19.5 Å². The molecule has 0 aromatic heterocycles. The van der Waals surface area contributed by atoms with E-state index < -0.39 is 29.9 Å². The van der Waals surface area contributed by atoms with E-state index in [1.807, 2.05) is 50.3 Å². The number of aliphatic hydroxyl groups excluding tert-OH is 1. The molecule has 1 amide bonds. The van der Waals surface area contributed by atoms with Crippen molar-refractivity contribution in [2.24, 2.45) is 11.7 Å². The van der Waals surface area contributed by atoms with Crippen LogP contribution in [0.25, 0.3) is 5.70 Å². The average molecular weight is 651 g/mol. The van der Waals surface area contributed by atoms with E-state index in [2.05, 4.69) is 24.9 Å². The van der Waals surface area contributed by atoms with Gasteiger partial charge in [-0.05, 0) is 56.7 Å². The number of esters is 1. The number of nitrogens with two attached hydrogens (primary N) is 1. The molecule has 10 heteroatoms. The third-order valence-corrected chi connectivity index (χ3v) is 9.11. The number of rotatable bonds is 13. The van der Waals surface area contributed by atoms with E-state index in [4.69, 9.17) is 24.7 Å². The van der Waals surface area contributed by atoms with Crippen LogP contribution >= 0.6 is 0 Å². The Labute approximate surface area is 278 Å². The molecule has 4 N–H and O–H groups in total. The fourth-order valence-corrected chi connectivity index (χ4v) is 6.28. The summed E-state index contributed by atoms with van der Waals surface area (Å²) < 4.78 is 23.2. The van der Waals surface area contributed by atoms with E-state index in [0.29, 0.717) is 25.1 Å². The minimum Gasteiger partial charge on any atom is -0.459 e. The van der Waals surface area contributed by atoms with Crippen LogP contribution in [0.1, 0.15) is 71.4 Å². The Morgan fingerprint density at radius 3 is 2.51 bits per heavy atom. The Morgan fingerprint density at radius 1 is 1.17 bits per heavy atom. The van der Waals surface area contributed by atoms with E-state index in [-0.39, 0.29) is 54.8 Å². The van der Waals surface area contributed by atoms with Crippen LogP contribution in [0.3, 0.4) is 0 Å². The van der Waals surface area contributed by atoms with Crippen molar-refractivity contribution in [1.29, 1.82) is 0 Å². The molecule has 0 bridgehead atoms. The van der Waals surface area contributed by atoms with Gasteiger partial charge in [0.05, 0.1) is 31.0 Å². The molecule has 3 saturated heterocycles. The lowest BCUT2D eigenvalue weighted by Crippen LogP contribution is -2.50. The Kier molecular flexibility index (Phi) is 12.4. The third-order valence-electron chi connectivity index (χ3n) is 9.11. The van der Waals surface area contributed by atoms with Crippen LogP contribution in [-0.2, 0) is 39.8 Å². The zero-order chi connectivity index (χ0) is 34.3. The number of epoxide rings is 1. The number of amides is 1. The van der Waals surface area contributed by atoms with Crippen LogP contribution in [-0.4, -0.2) is 77.6 Å². The molecule has 9 atom stereocenters. The van der Waals surface area contributed by atoms with Crippen molar-refractivity contribution in [3.63, 3.8) is 0 Å². The lowest BCUT2D eigenvalue weighted by atomic mass is 9.86. The van der Waals surface area contributed by atoms with Gasteiger partial charge in [-0.1, -0.05) is 61.6 Å². The molecule has 3 fully saturated rings. The summed E-state index contributed by atoms with van der Waals surface area (Å²) in [6.07, 6.45) is 8.87. The highest BCUT2D eigenvalue weighted by molar-refractivity contribution is 5.87. The zero-order valence-electron chi connectivity index (χ0n) is 28.1. The van der Waals surface area contributed by atoms with Crippen LogP contribution in [0.5, 0.6) is 0 Å². The van der Waals surface area contributed by atoms with E-state index in [1.165, 1.54) is 13.0 Å². The number of ether oxygens (including phenoxy) is 4. The molecule has 47 heavy (non-hydrogen) atoms. The molecule has 0 aliphatic carbocycles. The second-order valence-electron chi connectivity index (χ2n) is 13.3. The molecular weight excluding hydrogens is 600 g/mol. The molecule has 3 aliphatic rings. The standard InChI is InChI=1S/C37H50N2O8/c1-22(7-14-33-23(2)17-32(26(5)46-33)39-35(42)16-9-24(3)45-27(6)40)8-15-34-36(43)37(21-44-37)20-31(47-34)19-30(41)18-28-10-12-29(13-11-28)25(4)38/h7-13,15-16,23-24,26,31-34,36,43H,4,14,17-21,38H2,1-3,5-6H3,(H,39,42)/b15-8+,16-9-,22-7+/t23-,24-,26+,31+,32+,33-,34+,36+,37+/m0/s1. The number of hydrogen-bond acceptors (Lipinski definition) is 9. The minimum absolute atomic E-state index is 0.0126. The molecule has 3 aliphatic heterocycles. The maximum Gasteiger partial charge on any atom is 0.303 e. The van der Waals surface area contributed by atoms with Crippen LogP contribution in [0.15, 0.2) is 66.8 Å². The first-order chi connectivity index (χ1) is 22.2. The Bertz CT molecular complexity index is 1380. The smallest absolute Gasteiger partial charge is 0.303 e. The van der Waals surface area contributed by atoms with E-state index in [1.54, 1.807) is 13.0 Å². The number of carbonyl (C=O) groups is 3. The van der Waals surface area contributed by atoms with Gasteiger partial charge in [-0.2, -0.15) is 0 Å². The quantitative estimate of drug-likeness (QED) is 0.124. The minimum atomic E-state index is -0.816. The van der Waals surface area contributed by atoms with Crippen molar-refractivity contribution in [1.82, 2.24) is 5.32 Å². The van der Waals surface area contributed by atoms with Crippen molar-refractivity contribution in [3.05, 3.63) is 77.9 Å². The van der Waals surface area contributed by atoms with Gasteiger partial charge in [0, 0.05) is 38.0 Å². The number of Topliss-reactive ketones (excluding diaryl/α,β-unsaturated/α-hetero) is 1. The summed E-state index contributed by atoms with van der Waals surface area (Å²) in [4.78, 5) is 36.4. The summed E-state index contributed by atoms with van der Waals surface area (Å²) in [6.45, 7) is 13.3. The average Bonchev–Trinajstić information content (AvgIpc) is 3.77. The highest BCUT2D eigenvalue weighted by atomic mass is 16.6. The van der Waals surface area contributed by atoms with Crippen molar-refractivity contribution >= 4 is 23.4 Å². The lowest BCUT2D eigenvalue weighted by molar-refractivity contribution is -0.144. The van der Waals surface area contributed by atoms with E-state index >= 15 is 0 Å². The Morgan fingerprint density at radius 2 is 1.87 bits per heavy atom.